The third-order valence-corrected chi connectivity index (χ3v) is 7.12. The van der Waals surface area contributed by atoms with Crippen LogP contribution in [0.4, 0.5) is 0 Å². The second-order valence-corrected chi connectivity index (χ2v) is 8.58. The van der Waals surface area contributed by atoms with Gasteiger partial charge in [-0.25, -0.2) is 0 Å². The molecule has 3 aliphatic carbocycles. The minimum absolute atomic E-state index is 0.824. The van der Waals surface area contributed by atoms with Crippen molar-refractivity contribution in [1.29, 1.82) is 0 Å². The summed E-state index contributed by atoms with van der Waals surface area (Å²) in [4.78, 5) is 0. The van der Waals surface area contributed by atoms with Crippen LogP contribution in [0.3, 0.4) is 0 Å². The lowest BCUT2D eigenvalue weighted by Crippen LogP contribution is -2.48. The molecule has 0 aromatic heterocycles. The average Bonchev–Trinajstić information content (AvgIpc) is 2.52. The monoisotopic (exact) mass is 291 g/mol. The van der Waals surface area contributed by atoms with Gasteiger partial charge in [-0.1, -0.05) is 58.8 Å². The summed E-state index contributed by atoms with van der Waals surface area (Å²) >= 11 is 0. The summed E-state index contributed by atoms with van der Waals surface area (Å²) < 4.78 is 0. The summed E-state index contributed by atoms with van der Waals surface area (Å²) in [6, 6.07) is 1.68. The highest BCUT2D eigenvalue weighted by Crippen LogP contribution is 2.39. The van der Waals surface area contributed by atoms with Gasteiger partial charge in [0.25, 0.3) is 0 Å². The smallest absolute Gasteiger partial charge is 0.0101 e. The zero-order valence-corrected chi connectivity index (χ0v) is 14.4. The SMILES string of the molecule is CC1CCC(NC2CCCCC2C2CCCCC2)CC1C. The van der Waals surface area contributed by atoms with Crippen molar-refractivity contribution in [2.75, 3.05) is 0 Å². The van der Waals surface area contributed by atoms with Crippen LogP contribution < -0.4 is 5.32 Å². The summed E-state index contributed by atoms with van der Waals surface area (Å²) in [6.45, 7) is 4.92. The summed E-state index contributed by atoms with van der Waals surface area (Å²) in [6.07, 6.45) is 17.8. The zero-order chi connectivity index (χ0) is 14.7. The Balaban J connectivity index is 1.56. The molecule has 0 radical (unpaired) electrons. The Morgan fingerprint density at radius 3 is 2.14 bits per heavy atom. The first kappa shape index (κ1) is 15.8. The van der Waals surface area contributed by atoms with Crippen LogP contribution in [-0.4, -0.2) is 12.1 Å². The molecular formula is C20H37N. The van der Waals surface area contributed by atoms with E-state index in [0.717, 1.165) is 35.8 Å². The van der Waals surface area contributed by atoms with Crippen LogP contribution in [0.15, 0.2) is 0 Å². The molecule has 1 N–H and O–H groups in total. The average molecular weight is 292 g/mol. The van der Waals surface area contributed by atoms with E-state index in [1.807, 2.05) is 0 Å². The molecule has 0 aliphatic heterocycles. The maximum atomic E-state index is 4.16. The summed E-state index contributed by atoms with van der Waals surface area (Å²) in [5.74, 6) is 3.93. The second kappa shape index (κ2) is 7.49. The van der Waals surface area contributed by atoms with Crippen LogP contribution in [0.25, 0.3) is 0 Å². The maximum Gasteiger partial charge on any atom is 0.0101 e. The van der Waals surface area contributed by atoms with Crippen molar-refractivity contribution in [3.8, 4) is 0 Å². The predicted octanol–water partition coefficient (Wildman–Crippen LogP) is 5.54. The molecule has 0 heterocycles. The van der Waals surface area contributed by atoms with Crippen LogP contribution in [0.1, 0.15) is 90.9 Å². The summed E-state index contributed by atoms with van der Waals surface area (Å²) in [5, 5.41) is 4.16. The fraction of sp³-hybridized carbons (Fsp3) is 1.00. The van der Waals surface area contributed by atoms with E-state index in [4.69, 9.17) is 0 Å². The van der Waals surface area contributed by atoms with Crippen molar-refractivity contribution in [1.82, 2.24) is 5.32 Å². The highest BCUT2D eigenvalue weighted by atomic mass is 15.0. The highest BCUT2D eigenvalue weighted by Gasteiger charge is 2.34. The lowest BCUT2D eigenvalue weighted by atomic mass is 9.70. The molecule has 1 nitrogen and oxygen atoms in total. The minimum Gasteiger partial charge on any atom is -0.311 e. The van der Waals surface area contributed by atoms with Gasteiger partial charge in [-0.05, 0) is 55.8 Å². The van der Waals surface area contributed by atoms with Gasteiger partial charge in [-0.15, -0.1) is 0 Å². The fourth-order valence-corrected chi connectivity index (χ4v) is 5.49. The fourth-order valence-electron chi connectivity index (χ4n) is 5.49. The number of hydrogen-bond donors (Lipinski definition) is 1. The molecule has 122 valence electrons. The number of rotatable bonds is 3. The number of nitrogens with one attached hydrogen (secondary N) is 1. The van der Waals surface area contributed by atoms with E-state index in [9.17, 15) is 0 Å². The van der Waals surface area contributed by atoms with E-state index in [2.05, 4.69) is 19.2 Å². The molecule has 0 bridgehead atoms. The molecule has 3 fully saturated rings. The molecule has 0 aromatic rings. The van der Waals surface area contributed by atoms with Crippen LogP contribution in [-0.2, 0) is 0 Å². The first-order valence-corrected chi connectivity index (χ1v) is 10.00. The van der Waals surface area contributed by atoms with E-state index in [0.29, 0.717) is 0 Å². The van der Waals surface area contributed by atoms with E-state index in [1.165, 1.54) is 77.0 Å². The van der Waals surface area contributed by atoms with Crippen molar-refractivity contribution in [3.63, 3.8) is 0 Å². The molecule has 21 heavy (non-hydrogen) atoms. The standard InChI is InChI=1S/C20H37N/c1-15-12-13-18(14-16(15)2)21-20-11-7-6-10-19(20)17-8-4-3-5-9-17/h15-21H,3-14H2,1-2H3. The van der Waals surface area contributed by atoms with Gasteiger partial charge in [-0.3, -0.25) is 0 Å². The van der Waals surface area contributed by atoms with Crippen LogP contribution in [0.2, 0.25) is 0 Å². The summed E-state index contributed by atoms with van der Waals surface area (Å²) in [5.41, 5.74) is 0. The lowest BCUT2D eigenvalue weighted by molar-refractivity contribution is 0.124. The zero-order valence-electron chi connectivity index (χ0n) is 14.4. The van der Waals surface area contributed by atoms with Crippen molar-refractivity contribution in [2.45, 2.75) is 103 Å². The van der Waals surface area contributed by atoms with Crippen LogP contribution in [0.5, 0.6) is 0 Å². The Bertz CT molecular complexity index is 307. The van der Waals surface area contributed by atoms with E-state index in [-0.39, 0.29) is 0 Å². The van der Waals surface area contributed by atoms with Crippen molar-refractivity contribution >= 4 is 0 Å². The molecule has 0 saturated heterocycles. The van der Waals surface area contributed by atoms with Crippen molar-refractivity contribution < 1.29 is 0 Å². The van der Waals surface area contributed by atoms with Crippen LogP contribution >= 0.6 is 0 Å². The molecule has 3 rings (SSSR count). The largest absolute Gasteiger partial charge is 0.311 e. The van der Waals surface area contributed by atoms with Crippen molar-refractivity contribution in [2.24, 2.45) is 23.7 Å². The molecule has 5 unspecified atom stereocenters. The Hall–Kier alpha value is -0.0400. The normalized spacial score (nSPS) is 42.9. The maximum absolute atomic E-state index is 4.16. The Labute approximate surface area is 132 Å². The van der Waals surface area contributed by atoms with Gasteiger partial charge in [0.1, 0.15) is 0 Å². The highest BCUT2D eigenvalue weighted by molar-refractivity contribution is 4.90. The molecule has 0 aromatic carbocycles. The molecule has 5 atom stereocenters. The number of hydrogen-bond acceptors (Lipinski definition) is 1. The first-order valence-electron chi connectivity index (χ1n) is 10.00. The van der Waals surface area contributed by atoms with Gasteiger partial charge >= 0.3 is 0 Å². The van der Waals surface area contributed by atoms with E-state index >= 15 is 0 Å². The first-order chi connectivity index (χ1) is 10.2. The summed E-state index contributed by atoms with van der Waals surface area (Å²) in [7, 11) is 0. The minimum atomic E-state index is 0.824. The van der Waals surface area contributed by atoms with Gasteiger partial charge in [0.15, 0.2) is 0 Å². The quantitative estimate of drug-likeness (QED) is 0.720. The van der Waals surface area contributed by atoms with Crippen LogP contribution in [0, 0.1) is 23.7 Å². The molecular weight excluding hydrogens is 254 g/mol. The molecule has 3 aliphatic rings. The third-order valence-electron chi connectivity index (χ3n) is 7.12. The van der Waals surface area contributed by atoms with Gasteiger partial charge in [0, 0.05) is 12.1 Å². The molecule has 1 heteroatoms. The Kier molecular flexibility index (Phi) is 5.65. The molecule has 3 saturated carbocycles. The predicted molar refractivity (Wildman–Crippen MR) is 91.4 cm³/mol. The van der Waals surface area contributed by atoms with Crippen molar-refractivity contribution in [3.05, 3.63) is 0 Å². The molecule has 0 spiro atoms. The second-order valence-electron chi connectivity index (χ2n) is 8.58. The van der Waals surface area contributed by atoms with Gasteiger partial charge in [0.05, 0.1) is 0 Å². The van der Waals surface area contributed by atoms with Gasteiger partial charge in [-0.2, -0.15) is 0 Å². The lowest BCUT2D eigenvalue weighted by Gasteiger charge is -2.43. The topological polar surface area (TPSA) is 12.0 Å². The van der Waals surface area contributed by atoms with E-state index < -0.39 is 0 Å². The van der Waals surface area contributed by atoms with Gasteiger partial charge < -0.3 is 5.32 Å². The third kappa shape index (κ3) is 4.03. The van der Waals surface area contributed by atoms with Gasteiger partial charge in [0.2, 0.25) is 0 Å². The molecule has 0 amide bonds. The Morgan fingerprint density at radius 1 is 0.667 bits per heavy atom. The Morgan fingerprint density at radius 2 is 1.38 bits per heavy atom. The van der Waals surface area contributed by atoms with E-state index in [1.54, 1.807) is 0 Å².